The third-order valence-electron chi connectivity index (χ3n) is 7.21. The van der Waals surface area contributed by atoms with Gasteiger partial charge in [-0.3, -0.25) is 0 Å². The molecule has 4 heterocycles. The Morgan fingerprint density at radius 3 is 2.63 bits per heavy atom. The van der Waals surface area contributed by atoms with Crippen LogP contribution in [0.25, 0.3) is 22.3 Å². The van der Waals surface area contributed by atoms with Crippen molar-refractivity contribution >= 4 is 11.9 Å². The number of nitrogens with zero attached hydrogens (tertiary/aromatic N) is 5. The topological polar surface area (TPSA) is 89.9 Å². The van der Waals surface area contributed by atoms with Gasteiger partial charge < -0.3 is 24.0 Å². The van der Waals surface area contributed by atoms with Crippen LogP contribution in [-0.2, 0) is 11.3 Å². The molecule has 1 unspecified atom stereocenters. The van der Waals surface area contributed by atoms with Gasteiger partial charge in [0.1, 0.15) is 18.0 Å². The van der Waals surface area contributed by atoms with Gasteiger partial charge in [0.25, 0.3) is 0 Å². The van der Waals surface area contributed by atoms with Gasteiger partial charge >= 0.3 is 6.09 Å². The summed E-state index contributed by atoms with van der Waals surface area (Å²) in [6.07, 6.45) is 4.52. The number of carbonyl (C=O) groups is 1. The Bertz CT molecular complexity index is 1370. The molecule has 2 fully saturated rings. The van der Waals surface area contributed by atoms with E-state index >= 15 is 0 Å². The molecule has 6 rings (SSSR count). The number of rotatable bonds is 5. The van der Waals surface area contributed by atoms with Crippen LogP contribution in [0.3, 0.4) is 0 Å². The van der Waals surface area contributed by atoms with Crippen molar-refractivity contribution in [2.24, 2.45) is 0 Å². The van der Waals surface area contributed by atoms with E-state index in [0.29, 0.717) is 24.4 Å². The normalized spacial score (nSPS) is 18.3. The summed E-state index contributed by atoms with van der Waals surface area (Å²) >= 11 is 0. The van der Waals surface area contributed by atoms with Crippen molar-refractivity contribution in [1.29, 1.82) is 0 Å². The summed E-state index contributed by atoms with van der Waals surface area (Å²) in [7, 11) is 1.58. The minimum atomic E-state index is -0.501. The fourth-order valence-electron chi connectivity index (χ4n) is 5.27. The molecule has 2 aromatic heterocycles. The molecule has 1 saturated heterocycles. The van der Waals surface area contributed by atoms with Crippen LogP contribution in [0, 0.1) is 0 Å². The number of methoxy groups -OCH3 is 1. The third kappa shape index (κ3) is 4.85. The number of benzene rings is 1. The molecule has 1 amide bonds. The van der Waals surface area contributed by atoms with Crippen LogP contribution in [0.5, 0.6) is 11.8 Å². The van der Waals surface area contributed by atoms with Gasteiger partial charge in [-0.2, -0.15) is 10.1 Å². The van der Waals surface area contributed by atoms with Gasteiger partial charge in [0.2, 0.25) is 11.8 Å². The number of ether oxygens (including phenoxy) is 3. The highest BCUT2D eigenvalue weighted by Gasteiger charge is 2.42. The van der Waals surface area contributed by atoms with Gasteiger partial charge in [-0.25, -0.2) is 4.79 Å². The molecule has 9 nitrogen and oxygen atoms in total. The number of anilines is 1. The number of hydrogen-bond acceptors (Lipinski definition) is 8. The molecular weight excluding hydrogens is 482 g/mol. The third-order valence-corrected chi connectivity index (χ3v) is 7.21. The zero-order valence-corrected chi connectivity index (χ0v) is 22.3. The maximum absolute atomic E-state index is 13.0. The number of carbonyl (C=O) groups excluding carboxylic acids is 1. The van der Waals surface area contributed by atoms with Crippen LogP contribution in [0.2, 0.25) is 0 Å². The first-order chi connectivity index (χ1) is 18.3. The van der Waals surface area contributed by atoms with Crippen LogP contribution in [0.15, 0.2) is 42.6 Å². The lowest BCUT2D eigenvalue weighted by Gasteiger charge is -2.32. The van der Waals surface area contributed by atoms with Crippen LogP contribution >= 0.6 is 0 Å². The highest BCUT2D eigenvalue weighted by molar-refractivity contribution is 5.78. The molecule has 3 aliphatic rings. The maximum atomic E-state index is 13.0. The molecule has 9 heteroatoms. The average Bonchev–Trinajstić information content (AvgIpc) is 3.62. The van der Waals surface area contributed by atoms with Crippen molar-refractivity contribution in [1.82, 2.24) is 20.1 Å². The Hall–Kier alpha value is -3.88. The fourth-order valence-corrected chi connectivity index (χ4v) is 5.27. The molecule has 2 aliphatic heterocycles. The molecule has 1 aliphatic carbocycles. The van der Waals surface area contributed by atoms with Gasteiger partial charge in [0.05, 0.1) is 19.3 Å². The van der Waals surface area contributed by atoms with Gasteiger partial charge in [0.15, 0.2) is 0 Å². The molecule has 3 aromatic rings. The molecule has 198 valence electrons. The first kappa shape index (κ1) is 24.5. The van der Waals surface area contributed by atoms with E-state index in [4.69, 9.17) is 19.2 Å². The van der Waals surface area contributed by atoms with Crippen molar-refractivity contribution in [3.8, 4) is 34.0 Å². The Balaban J connectivity index is 1.20. The first-order valence-electron chi connectivity index (χ1n) is 13.2. The van der Waals surface area contributed by atoms with Gasteiger partial charge in [0, 0.05) is 36.3 Å². The Morgan fingerprint density at radius 1 is 1.05 bits per heavy atom. The molecular formula is C29H33N5O4. The summed E-state index contributed by atoms with van der Waals surface area (Å²) in [6.45, 7) is 7.77. The van der Waals surface area contributed by atoms with E-state index in [9.17, 15) is 4.79 Å². The summed E-state index contributed by atoms with van der Waals surface area (Å²) in [5, 5.41) is 7.99. The van der Waals surface area contributed by atoms with Crippen molar-refractivity contribution in [3.05, 3.63) is 48.2 Å². The Morgan fingerprint density at radius 2 is 1.87 bits per heavy atom. The van der Waals surface area contributed by atoms with Gasteiger partial charge in [-0.15, -0.1) is 5.10 Å². The highest BCUT2D eigenvalue weighted by atomic mass is 16.6. The SMILES string of the molecule is COc1cc(-c2ccc3c(c2)COc2nc(N4CCC(N(C(=O)OC(C)(C)C)C5CC5)C4)ccc2-3)cnn1. The molecule has 0 radical (unpaired) electrons. The second-order valence-corrected chi connectivity index (χ2v) is 11.2. The fraction of sp³-hybridized carbons (Fsp3) is 0.448. The monoisotopic (exact) mass is 515 g/mol. The largest absolute Gasteiger partial charge is 0.480 e. The van der Waals surface area contributed by atoms with Crippen molar-refractivity contribution in [2.45, 2.75) is 64.3 Å². The predicted molar refractivity (Wildman–Crippen MR) is 143 cm³/mol. The van der Waals surface area contributed by atoms with E-state index in [-0.39, 0.29) is 12.1 Å². The lowest BCUT2D eigenvalue weighted by Crippen LogP contribution is -2.46. The molecule has 1 atom stereocenters. The smallest absolute Gasteiger partial charge is 0.410 e. The van der Waals surface area contributed by atoms with E-state index in [1.807, 2.05) is 31.7 Å². The van der Waals surface area contributed by atoms with E-state index < -0.39 is 5.60 Å². The molecule has 0 bridgehead atoms. The number of aromatic nitrogens is 3. The number of fused-ring (bicyclic) bond motifs is 3. The van der Waals surface area contributed by atoms with Crippen LogP contribution in [-0.4, -0.2) is 64.1 Å². The minimum absolute atomic E-state index is 0.122. The molecule has 1 saturated carbocycles. The van der Waals surface area contributed by atoms with Crippen LogP contribution in [0.4, 0.5) is 10.6 Å². The highest BCUT2D eigenvalue weighted by Crippen LogP contribution is 2.40. The standard InChI is InChI=1S/C29H33N5O4/c1-29(2,3)38-28(35)34(21-6-7-21)22-11-12-33(16-22)25-10-9-24-23-8-5-18(13-20(23)17-37-27(24)31-25)19-14-26(36-4)32-30-15-19/h5,8-10,13-15,21-22H,6-7,11-12,16-17H2,1-4H3. The predicted octanol–water partition coefficient (Wildman–Crippen LogP) is 5.08. The average molecular weight is 516 g/mol. The van der Waals surface area contributed by atoms with Gasteiger partial charge in [-0.1, -0.05) is 12.1 Å². The summed E-state index contributed by atoms with van der Waals surface area (Å²) in [6, 6.07) is 12.7. The number of pyridine rings is 1. The van der Waals surface area contributed by atoms with E-state index in [1.165, 1.54) is 0 Å². The quantitative estimate of drug-likeness (QED) is 0.465. The molecule has 0 N–H and O–H groups in total. The summed E-state index contributed by atoms with van der Waals surface area (Å²) < 4.78 is 17.1. The lowest BCUT2D eigenvalue weighted by atomic mass is 9.95. The zero-order valence-electron chi connectivity index (χ0n) is 22.3. The van der Waals surface area contributed by atoms with Gasteiger partial charge in [-0.05, 0) is 74.9 Å². The zero-order chi connectivity index (χ0) is 26.4. The summed E-state index contributed by atoms with van der Waals surface area (Å²) in [4.78, 5) is 22.1. The Kier molecular flexibility index (Phi) is 6.08. The van der Waals surface area contributed by atoms with Crippen molar-refractivity contribution in [2.75, 3.05) is 25.1 Å². The summed E-state index contributed by atoms with van der Waals surface area (Å²) in [5.41, 5.74) is 4.66. The second kappa shape index (κ2) is 9.45. The van der Waals surface area contributed by atoms with Crippen LogP contribution in [0.1, 0.15) is 45.6 Å². The van der Waals surface area contributed by atoms with Crippen LogP contribution < -0.4 is 14.4 Å². The minimum Gasteiger partial charge on any atom is -0.480 e. The van der Waals surface area contributed by atoms with E-state index in [2.05, 4.69) is 45.4 Å². The van der Waals surface area contributed by atoms with Crippen molar-refractivity contribution in [3.63, 3.8) is 0 Å². The Labute approximate surface area is 222 Å². The molecule has 1 aromatic carbocycles. The van der Waals surface area contributed by atoms with E-state index in [1.54, 1.807) is 13.3 Å². The lowest BCUT2D eigenvalue weighted by molar-refractivity contribution is 0.0158. The molecule has 0 spiro atoms. The second-order valence-electron chi connectivity index (χ2n) is 11.2. The van der Waals surface area contributed by atoms with E-state index in [0.717, 1.165) is 66.0 Å². The number of hydrogen-bond donors (Lipinski definition) is 0. The first-order valence-corrected chi connectivity index (χ1v) is 13.2. The maximum Gasteiger partial charge on any atom is 0.410 e. The van der Waals surface area contributed by atoms with Crippen molar-refractivity contribution < 1.29 is 19.0 Å². The molecule has 38 heavy (non-hydrogen) atoms. The number of amides is 1. The summed E-state index contributed by atoms with van der Waals surface area (Å²) in [5.74, 6) is 2.00.